The fraction of sp³-hybridized carbons (Fsp3) is 0.111. The molecule has 1 aromatic carbocycles. The molecule has 0 radical (unpaired) electrons. The van der Waals surface area contributed by atoms with E-state index in [-0.39, 0.29) is 40.0 Å². The van der Waals surface area contributed by atoms with Crippen molar-refractivity contribution in [1.82, 2.24) is 0 Å². The zero-order chi connectivity index (χ0) is 7.23. The van der Waals surface area contributed by atoms with Crippen molar-refractivity contribution in [2.75, 3.05) is 6.61 Å². The maximum Gasteiger partial charge on any atom is 2.00 e. The van der Waals surface area contributed by atoms with E-state index in [4.69, 9.17) is 4.74 Å². The Labute approximate surface area is 99.7 Å². The third-order valence-electron chi connectivity index (χ3n) is 1.11. The molecule has 0 N–H and O–H groups in total. The SMILES string of the molecule is C=CCOc1ccccc1.[Br-].[Mg+2]. The summed E-state index contributed by atoms with van der Waals surface area (Å²) in [4.78, 5) is 0. The fourth-order valence-corrected chi connectivity index (χ4v) is 0.672. The van der Waals surface area contributed by atoms with Gasteiger partial charge in [0, 0.05) is 0 Å². The normalized spacial score (nSPS) is 7.33. The van der Waals surface area contributed by atoms with E-state index in [2.05, 4.69) is 6.58 Å². The van der Waals surface area contributed by atoms with E-state index in [0.717, 1.165) is 5.75 Å². The second-order valence-electron chi connectivity index (χ2n) is 1.91. The van der Waals surface area contributed by atoms with Crippen molar-refractivity contribution in [3.63, 3.8) is 0 Å². The molecule has 0 heterocycles. The molecule has 12 heavy (non-hydrogen) atoms. The van der Waals surface area contributed by atoms with Gasteiger partial charge < -0.3 is 21.7 Å². The van der Waals surface area contributed by atoms with Gasteiger partial charge in [-0.05, 0) is 12.1 Å². The molecular weight excluding hydrogens is 228 g/mol. The smallest absolute Gasteiger partial charge is 1.00 e. The van der Waals surface area contributed by atoms with E-state index in [1.807, 2.05) is 30.3 Å². The van der Waals surface area contributed by atoms with Crippen LogP contribution in [-0.4, -0.2) is 29.7 Å². The van der Waals surface area contributed by atoms with Crippen LogP contribution in [0, 0.1) is 0 Å². The van der Waals surface area contributed by atoms with E-state index >= 15 is 0 Å². The van der Waals surface area contributed by atoms with Gasteiger partial charge in [0.25, 0.3) is 0 Å². The predicted octanol–water partition coefficient (Wildman–Crippen LogP) is -1.13. The Kier molecular flexibility index (Phi) is 11.0. The quantitative estimate of drug-likeness (QED) is 0.479. The predicted molar refractivity (Wildman–Crippen MR) is 47.9 cm³/mol. The van der Waals surface area contributed by atoms with Crippen LogP contribution in [0.5, 0.6) is 5.75 Å². The van der Waals surface area contributed by atoms with Crippen LogP contribution in [0.15, 0.2) is 43.0 Å². The molecule has 0 unspecified atom stereocenters. The summed E-state index contributed by atoms with van der Waals surface area (Å²) in [5.74, 6) is 0.891. The van der Waals surface area contributed by atoms with Crippen LogP contribution >= 0.6 is 0 Å². The van der Waals surface area contributed by atoms with Gasteiger partial charge in [0.2, 0.25) is 0 Å². The Morgan fingerprint density at radius 2 is 1.83 bits per heavy atom. The summed E-state index contributed by atoms with van der Waals surface area (Å²) in [7, 11) is 0. The first kappa shape index (κ1) is 14.5. The van der Waals surface area contributed by atoms with E-state index in [1.165, 1.54) is 0 Å². The van der Waals surface area contributed by atoms with Crippen LogP contribution in [0.4, 0.5) is 0 Å². The molecule has 0 saturated carbocycles. The third kappa shape index (κ3) is 5.63. The Balaban J connectivity index is 0. The van der Waals surface area contributed by atoms with Crippen LogP contribution in [-0.2, 0) is 0 Å². The van der Waals surface area contributed by atoms with Gasteiger partial charge in [0.1, 0.15) is 12.4 Å². The van der Waals surface area contributed by atoms with Gasteiger partial charge in [-0.2, -0.15) is 0 Å². The van der Waals surface area contributed by atoms with E-state index < -0.39 is 0 Å². The minimum atomic E-state index is 0. The zero-order valence-electron chi connectivity index (χ0n) is 6.87. The average molecular weight is 238 g/mol. The molecule has 0 bridgehead atoms. The molecule has 1 nitrogen and oxygen atoms in total. The second-order valence-corrected chi connectivity index (χ2v) is 1.91. The van der Waals surface area contributed by atoms with E-state index in [0.29, 0.717) is 6.61 Å². The Morgan fingerprint density at radius 1 is 1.25 bits per heavy atom. The summed E-state index contributed by atoms with van der Waals surface area (Å²) < 4.78 is 5.24. The first-order chi connectivity index (χ1) is 4.93. The van der Waals surface area contributed by atoms with Crippen molar-refractivity contribution in [3.05, 3.63) is 43.0 Å². The largest absolute Gasteiger partial charge is 2.00 e. The van der Waals surface area contributed by atoms with Crippen LogP contribution in [0.1, 0.15) is 0 Å². The third-order valence-corrected chi connectivity index (χ3v) is 1.11. The molecule has 0 spiro atoms. The molecule has 1 aromatic rings. The van der Waals surface area contributed by atoms with E-state index in [9.17, 15) is 0 Å². The molecule has 0 aliphatic rings. The number of rotatable bonds is 3. The number of benzene rings is 1. The van der Waals surface area contributed by atoms with Crippen molar-refractivity contribution < 1.29 is 21.7 Å². The number of ether oxygens (including phenoxy) is 1. The summed E-state index contributed by atoms with van der Waals surface area (Å²) >= 11 is 0. The summed E-state index contributed by atoms with van der Waals surface area (Å²) in [6, 6.07) is 9.69. The van der Waals surface area contributed by atoms with Crippen molar-refractivity contribution in [2.24, 2.45) is 0 Å². The molecule has 60 valence electrons. The summed E-state index contributed by atoms with van der Waals surface area (Å²) in [5, 5.41) is 0. The van der Waals surface area contributed by atoms with Gasteiger partial charge in [-0.25, -0.2) is 0 Å². The summed E-state index contributed by atoms with van der Waals surface area (Å²) in [5.41, 5.74) is 0. The Hall–Kier alpha value is 0.00623. The van der Waals surface area contributed by atoms with Crippen molar-refractivity contribution in [1.29, 1.82) is 0 Å². The molecule has 0 saturated heterocycles. The standard InChI is InChI=1S/C9H10O.BrH.Mg/c1-2-8-10-9-6-4-3-5-7-9;;/h2-7H,1,8H2;1H;/q;;+2/p-1. The zero-order valence-corrected chi connectivity index (χ0v) is 9.87. The van der Waals surface area contributed by atoms with Gasteiger partial charge in [-0.15, -0.1) is 0 Å². The first-order valence-corrected chi connectivity index (χ1v) is 3.22. The van der Waals surface area contributed by atoms with Crippen molar-refractivity contribution >= 4 is 23.1 Å². The number of para-hydroxylation sites is 1. The number of hydrogen-bond donors (Lipinski definition) is 0. The molecule has 0 amide bonds. The molecular formula is C9H10BrMgO+. The topological polar surface area (TPSA) is 9.23 Å². The molecule has 0 fully saturated rings. The number of hydrogen-bond acceptors (Lipinski definition) is 1. The molecule has 0 aromatic heterocycles. The van der Waals surface area contributed by atoms with Gasteiger partial charge in [-0.3, -0.25) is 0 Å². The average Bonchev–Trinajstić information content (AvgIpc) is 2.03. The second kappa shape index (κ2) is 9.10. The fourth-order valence-electron chi connectivity index (χ4n) is 0.672. The van der Waals surface area contributed by atoms with E-state index in [1.54, 1.807) is 6.08 Å². The maximum absolute atomic E-state index is 5.24. The van der Waals surface area contributed by atoms with Crippen LogP contribution < -0.4 is 21.7 Å². The van der Waals surface area contributed by atoms with Crippen molar-refractivity contribution in [3.8, 4) is 5.75 Å². The molecule has 0 aliphatic carbocycles. The Bertz CT molecular complexity index is 201. The summed E-state index contributed by atoms with van der Waals surface area (Å²) in [6.45, 7) is 4.12. The van der Waals surface area contributed by atoms with Gasteiger partial charge >= 0.3 is 23.1 Å². The van der Waals surface area contributed by atoms with Gasteiger partial charge in [0.05, 0.1) is 0 Å². The van der Waals surface area contributed by atoms with Crippen LogP contribution in [0.2, 0.25) is 0 Å². The minimum absolute atomic E-state index is 0. The van der Waals surface area contributed by atoms with Crippen LogP contribution in [0.3, 0.4) is 0 Å². The van der Waals surface area contributed by atoms with Crippen LogP contribution in [0.25, 0.3) is 0 Å². The summed E-state index contributed by atoms with van der Waals surface area (Å²) in [6.07, 6.45) is 1.73. The van der Waals surface area contributed by atoms with Gasteiger partial charge in [-0.1, -0.05) is 30.9 Å². The monoisotopic (exact) mass is 237 g/mol. The van der Waals surface area contributed by atoms with Gasteiger partial charge in [0.15, 0.2) is 0 Å². The maximum atomic E-state index is 5.24. The molecule has 1 rings (SSSR count). The molecule has 3 heteroatoms. The minimum Gasteiger partial charge on any atom is -1.00 e. The Morgan fingerprint density at radius 3 is 2.33 bits per heavy atom. The van der Waals surface area contributed by atoms with Crippen molar-refractivity contribution in [2.45, 2.75) is 0 Å². The first-order valence-electron chi connectivity index (χ1n) is 3.22. The number of halogens is 1. The molecule has 0 atom stereocenters. The molecule has 0 aliphatic heterocycles.